The number of hydrogen-bond acceptors (Lipinski definition) is 7. The molecule has 1 unspecified atom stereocenters. The SMILES string of the molecule is O=[N+]([O-])c1c(N2CCCC2c2cccc3c2OCCO3)nc2sccn12. The lowest BCUT2D eigenvalue weighted by molar-refractivity contribution is -0.389. The highest BCUT2D eigenvalue weighted by Crippen LogP contribution is 2.46. The van der Waals surface area contributed by atoms with Crippen LogP contribution in [0.15, 0.2) is 29.8 Å². The molecule has 2 aliphatic heterocycles. The van der Waals surface area contributed by atoms with Crippen LogP contribution in [0.1, 0.15) is 24.4 Å². The summed E-state index contributed by atoms with van der Waals surface area (Å²) in [6, 6.07) is 5.84. The average molecular weight is 372 g/mol. The maximum atomic E-state index is 11.7. The van der Waals surface area contributed by atoms with Crippen molar-refractivity contribution in [3.8, 4) is 11.5 Å². The summed E-state index contributed by atoms with van der Waals surface area (Å²) in [6.45, 7) is 1.77. The molecule has 3 aromatic rings. The fraction of sp³-hybridized carbons (Fsp3) is 0.353. The molecule has 0 N–H and O–H groups in total. The second-order valence-corrected chi connectivity index (χ2v) is 7.17. The highest BCUT2D eigenvalue weighted by Gasteiger charge is 2.37. The van der Waals surface area contributed by atoms with Crippen LogP contribution >= 0.6 is 11.3 Å². The summed E-state index contributed by atoms with van der Waals surface area (Å²) in [7, 11) is 0. The molecular weight excluding hydrogens is 356 g/mol. The molecule has 4 heterocycles. The molecule has 8 nitrogen and oxygen atoms in total. The molecule has 1 atom stereocenters. The highest BCUT2D eigenvalue weighted by atomic mass is 32.1. The third kappa shape index (κ3) is 2.23. The topological polar surface area (TPSA) is 82.1 Å². The van der Waals surface area contributed by atoms with Crippen molar-refractivity contribution in [1.29, 1.82) is 0 Å². The largest absolute Gasteiger partial charge is 0.486 e. The molecule has 1 saturated heterocycles. The molecule has 5 rings (SSSR count). The smallest absolute Gasteiger partial charge is 0.373 e. The first-order valence-corrected chi connectivity index (χ1v) is 9.37. The number of hydrogen-bond donors (Lipinski definition) is 0. The number of thiazole rings is 1. The molecule has 1 aromatic carbocycles. The van der Waals surface area contributed by atoms with Gasteiger partial charge in [0.15, 0.2) is 11.5 Å². The maximum absolute atomic E-state index is 11.7. The van der Waals surface area contributed by atoms with Gasteiger partial charge in [-0.2, -0.15) is 9.38 Å². The number of ether oxygens (including phenoxy) is 2. The van der Waals surface area contributed by atoms with Crippen molar-refractivity contribution in [1.82, 2.24) is 9.38 Å². The van der Waals surface area contributed by atoms with E-state index in [1.165, 1.54) is 11.3 Å². The molecule has 0 spiro atoms. The number of imidazole rings is 1. The van der Waals surface area contributed by atoms with Crippen LogP contribution in [0, 0.1) is 10.1 Å². The van der Waals surface area contributed by atoms with Crippen molar-refractivity contribution < 1.29 is 14.4 Å². The molecule has 0 bridgehead atoms. The van der Waals surface area contributed by atoms with Gasteiger partial charge >= 0.3 is 5.82 Å². The number of fused-ring (bicyclic) bond motifs is 2. The zero-order valence-electron chi connectivity index (χ0n) is 13.8. The van der Waals surface area contributed by atoms with Crippen molar-refractivity contribution in [2.24, 2.45) is 0 Å². The predicted molar refractivity (Wildman–Crippen MR) is 96.5 cm³/mol. The lowest BCUT2D eigenvalue weighted by atomic mass is 10.0. The van der Waals surface area contributed by atoms with Crippen LogP contribution in [0.4, 0.5) is 11.6 Å². The van der Waals surface area contributed by atoms with Gasteiger partial charge in [-0.05, 0) is 23.8 Å². The van der Waals surface area contributed by atoms with Crippen molar-refractivity contribution in [2.75, 3.05) is 24.7 Å². The van der Waals surface area contributed by atoms with E-state index in [1.807, 2.05) is 23.1 Å². The second kappa shape index (κ2) is 5.87. The number of rotatable bonds is 3. The molecule has 2 aliphatic rings. The van der Waals surface area contributed by atoms with Crippen LogP contribution in [-0.4, -0.2) is 34.1 Å². The van der Waals surface area contributed by atoms with Gasteiger partial charge in [-0.3, -0.25) is 0 Å². The van der Waals surface area contributed by atoms with Gasteiger partial charge in [-0.1, -0.05) is 23.5 Å². The quantitative estimate of drug-likeness (QED) is 0.518. The van der Waals surface area contributed by atoms with Crippen LogP contribution in [0.3, 0.4) is 0 Å². The molecule has 0 amide bonds. The number of anilines is 1. The number of benzene rings is 1. The Morgan fingerprint density at radius 3 is 3.08 bits per heavy atom. The minimum absolute atomic E-state index is 0.0186. The molecule has 0 radical (unpaired) electrons. The van der Waals surface area contributed by atoms with Crippen molar-refractivity contribution in [3.05, 3.63) is 45.5 Å². The third-order valence-electron chi connectivity index (χ3n) is 4.87. The predicted octanol–water partition coefficient (Wildman–Crippen LogP) is 3.42. The Hall–Kier alpha value is -2.81. The Balaban J connectivity index is 1.62. The number of nitrogens with zero attached hydrogens (tertiary/aromatic N) is 4. The Bertz CT molecular complexity index is 998. The molecule has 2 aromatic heterocycles. The maximum Gasteiger partial charge on any atom is 0.373 e. The average Bonchev–Trinajstić information content (AvgIpc) is 3.35. The normalized spacial score (nSPS) is 19.2. The van der Waals surface area contributed by atoms with Gasteiger partial charge in [0.25, 0.3) is 4.96 Å². The Labute approximate surface area is 152 Å². The molecule has 134 valence electrons. The summed E-state index contributed by atoms with van der Waals surface area (Å²) in [4.78, 5) is 18.6. The minimum atomic E-state index is -0.350. The fourth-order valence-corrected chi connectivity index (χ4v) is 4.53. The standard InChI is InChI=1S/C17H16N4O4S/c22-21(23)16-15(18-17-20(16)7-10-26-17)19-6-2-4-12(19)11-3-1-5-13-14(11)25-9-8-24-13/h1,3,5,7,10,12H,2,4,6,8-9H2. The molecule has 9 heteroatoms. The van der Waals surface area contributed by atoms with E-state index < -0.39 is 0 Å². The van der Waals surface area contributed by atoms with E-state index in [9.17, 15) is 10.1 Å². The van der Waals surface area contributed by atoms with Gasteiger partial charge in [0.2, 0.25) is 5.82 Å². The summed E-state index contributed by atoms with van der Waals surface area (Å²) in [5, 5.41) is 13.5. The molecule has 0 saturated carbocycles. The first kappa shape index (κ1) is 15.4. The molecular formula is C17H16N4O4S. The van der Waals surface area contributed by atoms with Gasteiger partial charge in [0, 0.05) is 17.5 Å². The zero-order valence-corrected chi connectivity index (χ0v) is 14.6. The van der Waals surface area contributed by atoms with Crippen molar-refractivity contribution in [2.45, 2.75) is 18.9 Å². The summed E-state index contributed by atoms with van der Waals surface area (Å²) in [6.07, 6.45) is 3.53. The van der Waals surface area contributed by atoms with Crippen LogP contribution in [0.2, 0.25) is 0 Å². The van der Waals surface area contributed by atoms with Gasteiger partial charge < -0.3 is 24.5 Å². The molecule has 26 heavy (non-hydrogen) atoms. The minimum Gasteiger partial charge on any atom is -0.486 e. The third-order valence-corrected chi connectivity index (χ3v) is 5.63. The molecule has 1 fully saturated rings. The van der Waals surface area contributed by atoms with Crippen LogP contribution in [0.25, 0.3) is 4.96 Å². The number of nitro groups is 1. The van der Waals surface area contributed by atoms with E-state index >= 15 is 0 Å². The first-order valence-electron chi connectivity index (χ1n) is 8.49. The molecule has 0 aliphatic carbocycles. The Morgan fingerprint density at radius 1 is 1.31 bits per heavy atom. The zero-order chi connectivity index (χ0) is 17.7. The Kier molecular flexibility index (Phi) is 3.49. The van der Waals surface area contributed by atoms with Crippen LogP contribution in [0.5, 0.6) is 11.5 Å². The monoisotopic (exact) mass is 372 g/mol. The second-order valence-electron chi connectivity index (χ2n) is 6.29. The number of aromatic nitrogens is 2. The summed E-state index contributed by atoms with van der Waals surface area (Å²) < 4.78 is 13.1. The number of para-hydroxylation sites is 1. The van der Waals surface area contributed by atoms with Gasteiger partial charge in [-0.25, -0.2) is 0 Å². The summed E-state index contributed by atoms with van der Waals surface area (Å²) >= 11 is 1.39. The fourth-order valence-electron chi connectivity index (χ4n) is 3.83. The Morgan fingerprint density at radius 2 is 2.19 bits per heavy atom. The van der Waals surface area contributed by atoms with Gasteiger partial charge in [0.1, 0.15) is 19.4 Å². The van der Waals surface area contributed by atoms with Crippen molar-refractivity contribution in [3.63, 3.8) is 0 Å². The summed E-state index contributed by atoms with van der Waals surface area (Å²) in [5.41, 5.74) is 1.00. The van der Waals surface area contributed by atoms with Crippen LogP contribution in [-0.2, 0) is 0 Å². The lowest BCUT2D eigenvalue weighted by Crippen LogP contribution is -2.25. The van der Waals surface area contributed by atoms with E-state index in [1.54, 1.807) is 16.0 Å². The van der Waals surface area contributed by atoms with E-state index in [0.29, 0.717) is 24.0 Å². The van der Waals surface area contributed by atoms with Gasteiger partial charge in [0.05, 0.1) is 6.04 Å². The van der Waals surface area contributed by atoms with E-state index in [4.69, 9.17) is 9.47 Å². The van der Waals surface area contributed by atoms with Crippen LogP contribution < -0.4 is 14.4 Å². The van der Waals surface area contributed by atoms with Crippen molar-refractivity contribution >= 4 is 27.9 Å². The van der Waals surface area contributed by atoms with E-state index in [-0.39, 0.29) is 16.8 Å². The van der Waals surface area contributed by atoms with E-state index in [0.717, 1.165) is 36.4 Å². The van der Waals surface area contributed by atoms with Gasteiger partial charge in [-0.15, -0.1) is 0 Å². The first-order chi connectivity index (χ1) is 12.7. The van der Waals surface area contributed by atoms with E-state index in [2.05, 4.69) is 4.98 Å². The summed E-state index contributed by atoms with van der Waals surface area (Å²) in [5.74, 6) is 1.94. The highest BCUT2D eigenvalue weighted by molar-refractivity contribution is 7.15. The lowest BCUT2D eigenvalue weighted by Gasteiger charge is -2.28.